The summed E-state index contributed by atoms with van der Waals surface area (Å²) in [6.45, 7) is 0. The molecule has 0 spiro atoms. The molecule has 0 N–H and O–H groups in total. The van der Waals surface area contributed by atoms with Crippen molar-refractivity contribution in [1.29, 1.82) is 5.26 Å². The van der Waals surface area contributed by atoms with Crippen LogP contribution in [0.4, 0.5) is 0 Å². The molecule has 3 nitrogen and oxygen atoms in total. The summed E-state index contributed by atoms with van der Waals surface area (Å²) in [5, 5.41) is 11.6. The molecule has 6 rings (SSSR count). The molecule has 3 aromatic carbocycles. The third kappa shape index (κ3) is 3.89. The van der Waals surface area contributed by atoms with Crippen molar-refractivity contribution in [2.24, 2.45) is 0 Å². The lowest BCUT2D eigenvalue weighted by atomic mass is 9.90. The molecule has 0 aliphatic heterocycles. The number of ether oxygens (including phenoxy) is 1. The Morgan fingerprint density at radius 2 is 1.67 bits per heavy atom. The van der Waals surface area contributed by atoms with E-state index in [0.717, 1.165) is 6.42 Å². The van der Waals surface area contributed by atoms with Crippen LogP contribution in [0.5, 0.6) is 0 Å². The Morgan fingerprint density at radius 1 is 0.889 bits per heavy atom. The molecule has 1 unspecified atom stereocenters. The van der Waals surface area contributed by atoms with Gasteiger partial charge in [-0.1, -0.05) is 97.1 Å². The SMILES string of the molecule is N#CO/C(=C\C=C/CC1=CC=CC(c2ccc3c4c(cccc24)-c2ccccc2-3)C=C1)n1cccc1. The van der Waals surface area contributed by atoms with Gasteiger partial charge in [-0.25, -0.2) is 0 Å². The first-order chi connectivity index (χ1) is 17.8. The van der Waals surface area contributed by atoms with Crippen LogP contribution in [0.2, 0.25) is 0 Å². The maximum absolute atomic E-state index is 8.92. The van der Waals surface area contributed by atoms with Crippen molar-refractivity contribution >= 4 is 16.7 Å². The second kappa shape index (κ2) is 9.44. The number of nitriles is 1. The quantitative estimate of drug-likeness (QED) is 0.144. The summed E-state index contributed by atoms with van der Waals surface area (Å²) < 4.78 is 6.84. The van der Waals surface area contributed by atoms with Crippen molar-refractivity contribution in [3.8, 4) is 28.5 Å². The highest BCUT2D eigenvalue weighted by molar-refractivity contribution is 6.16. The first-order valence-electron chi connectivity index (χ1n) is 12.1. The molecule has 1 heterocycles. The fourth-order valence-electron chi connectivity index (χ4n) is 5.17. The van der Waals surface area contributed by atoms with Crippen LogP contribution < -0.4 is 0 Å². The maximum atomic E-state index is 8.92. The van der Waals surface area contributed by atoms with Gasteiger partial charge in [0.05, 0.1) is 0 Å². The standard InChI is InChI=1S/C33H24N2O/c34-23-36-32(35-21-5-6-22-35)16-4-1-9-24-10-7-11-25(18-17-24)26-19-20-31-28-13-3-2-12-27(28)30-15-8-14-29(26)33(30)31/h1-8,10-22,25H,9H2/b4-1-,32-16-. The highest BCUT2D eigenvalue weighted by Crippen LogP contribution is 2.48. The van der Waals surface area contributed by atoms with Gasteiger partial charge in [-0.2, -0.15) is 0 Å². The predicted octanol–water partition coefficient (Wildman–Crippen LogP) is 8.37. The lowest BCUT2D eigenvalue weighted by Crippen LogP contribution is -1.94. The van der Waals surface area contributed by atoms with E-state index in [1.165, 1.54) is 44.2 Å². The van der Waals surface area contributed by atoms with Crippen LogP contribution >= 0.6 is 0 Å². The topological polar surface area (TPSA) is 37.9 Å². The Kier molecular flexibility index (Phi) is 5.69. The molecular weight excluding hydrogens is 440 g/mol. The zero-order valence-corrected chi connectivity index (χ0v) is 19.7. The molecule has 0 saturated carbocycles. The molecule has 1 atom stereocenters. The highest BCUT2D eigenvalue weighted by atomic mass is 16.5. The zero-order valence-electron chi connectivity index (χ0n) is 19.7. The molecule has 36 heavy (non-hydrogen) atoms. The normalized spacial score (nSPS) is 16.1. The van der Waals surface area contributed by atoms with Crippen LogP contribution in [-0.2, 0) is 4.74 Å². The number of hydrogen-bond donors (Lipinski definition) is 0. The van der Waals surface area contributed by atoms with E-state index in [1.54, 1.807) is 16.9 Å². The fourth-order valence-corrected chi connectivity index (χ4v) is 5.17. The van der Waals surface area contributed by atoms with E-state index in [-0.39, 0.29) is 5.92 Å². The van der Waals surface area contributed by atoms with Crippen LogP contribution in [0.1, 0.15) is 17.9 Å². The molecule has 2 aliphatic rings. The molecule has 0 amide bonds. The van der Waals surface area contributed by atoms with Gasteiger partial charge in [-0.15, -0.1) is 5.26 Å². The number of aromatic nitrogens is 1. The van der Waals surface area contributed by atoms with Gasteiger partial charge in [0.15, 0.2) is 0 Å². The van der Waals surface area contributed by atoms with Gasteiger partial charge in [0, 0.05) is 18.3 Å². The zero-order chi connectivity index (χ0) is 24.3. The van der Waals surface area contributed by atoms with Crippen molar-refractivity contribution in [3.05, 3.63) is 139 Å². The first-order valence-corrected chi connectivity index (χ1v) is 12.1. The largest absolute Gasteiger partial charge is 0.369 e. The van der Waals surface area contributed by atoms with E-state index in [4.69, 9.17) is 10.00 Å². The highest BCUT2D eigenvalue weighted by Gasteiger charge is 2.23. The monoisotopic (exact) mass is 464 g/mol. The molecule has 2 aliphatic carbocycles. The third-order valence-electron chi connectivity index (χ3n) is 6.82. The second-order valence-corrected chi connectivity index (χ2v) is 8.91. The number of hydrogen-bond acceptors (Lipinski definition) is 2. The van der Waals surface area contributed by atoms with Crippen molar-refractivity contribution in [2.45, 2.75) is 12.3 Å². The fraction of sp³-hybridized carbons (Fsp3) is 0.0606. The van der Waals surface area contributed by atoms with Crippen LogP contribution in [0.3, 0.4) is 0 Å². The van der Waals surface area contributed by atoms with Crippen LogP contribution in [-0.4, -0.2) is 4.57 Å². The molecule has 0 bridgehead atoms. The number of allylic oxidation sites excluding steroid dienone is 9. The number of rotatable bonds is 6. The van der Waals surface area contributed by atoms with Crippen LogP contribution in [0, 0.1) is 11.5 Å². The Bertz CT molecular complexity index is 1610. The average molecular weight is 465 g/mol. The molecule has 172 valence electrons. The lowest BCUT2D eigenvalue weighted by molar-refractivity contribution is 0.430. The summed E-state index contributed by atoms with van der Waals surface area (Å²) in [6.07, 6.45) is 23.1. The van der Waals surface area contributed by atoms with Gasteiger partial charge in [-0.3, -0.25) is 4.57 Å². The Balaban J connectivity index is 1.23. The van der Waals surface area contributed by atoms with E-state index in [0.29, 0.717) is 5.88 Å². The van der Waals surface area contributed by atoms with Crippen molar-refractivity contribution in [2.75, 3.05) is 0 Å². The third-order valence-corrected chi connectivity index (χ3v) is 6.82. The number of nitrogens with zero attached hydrogens (tertiary/aromatic N) is 2. The number of fused-ring (bicyclic) bond motifs is 3. The Morgan fingerprint density at radius 3 is 2.47 bits per heavy atom. The van der Waals surface area contributed by atoms with E-state index in [9.17, 15) is 0 Å². The summed E-state index contributed by atoms with van der Waals surface area (Å²) in [5.74, 6) is 0.679. The maximum Gasteiger partial charge on any atom is 0.293 e. The summed E-state index contributed by atoms with van der Waals surface area (Å²) in [7, 11) is 0. The van der Waals surface area contributed by atoms with Crippen LogP contribution in [0.25, 0.3) is 38.9 Å². The van der Waals surface area contributed by atoms with Crippen molar-refractivity contribution in [3.63, 3.8) is 0 Å². The van der Waals surface area contributed by atoms with Crippen molar-refractivity contribution in [1.82, 2.24) is 4.57 Å². The summed E-state index contributed by atoms with van der Waals surface area (Å²) in [5.41, 5.74) is 7.87. The van der Waals surface area contributed by atoms with Gasteiger partial charge in [-0.05, 0) is 68.8 Å². The van der Waals surface area contributed by atoms with Gasteiger partial charge in [0.25, 0.3) is 6.26 Å². The van der Waals surface area contributed by atoms with E-state index < -0.39 is 0 Å². The molecular formula is C33H24N2O. The van der Waals surface area contributed by atoms with Gasteiger partial charge >= 0.3 is 0 Å². The molecule has 0 radical (unpaired) electrons. The second-order valence-electron chi connectivity index (χ2n) is 8.91. The summed E-state index contributed by atoms with van der Waals surface area (Å²) in [4.78, 5) is 0. The molecule has 0 saturated heterocycles. The first kappa shape index (κ1) is 21.7. The smallest absolute Gasteiger partial charge is 0.293 e. The predicted molar refractivity (Wildman–Crippen MR) is 147 cm³/mol. The molecule has 3 heteroatoms. The minimum atomic E-state index is 0.208. The summed E-state index contributed by atoms with van der Waals surface area (Å²) in [6, 6.07) is 23.7. The average Bonchev–Trinajstić information content (AvgIpc) is 3.49. The van der Waals surface area contributed by atoms with Gasteiger partial charge in [0.2, 0.25) is 5.88 Å². The molecule has 1 aromatic heterocycles. The van der Waals surface area contributed by atoms with Crippen LogP contribution in [0.15, 0.2) is 133 Å². The minimum absolute atomic E-state index is 0.208. The summed E-state index contributed by atoms with van der Waals surface area (Å²) >= 11 is 0. The van der Waals surface area contributed by atoms with E-state index in [2.05, 4.69) is 91.1 Å². The minimum Gasteiger partial charge on any atom is -0.369 e. The van der Waals surface area contributed by atoms with Crippen molar-refractivity contribution < 1.29 is 4.74 Å². The van der Waals surface area contributed by atoms with Gasteiger partial charge in [0.1, 0.15) is 0 Å². The van der Waals surface area contributed by atoms with E-state index >= 15 is 0 Å². The Labute approximate surface area is 210 Å². The molecule has 4 aromatic rings. The van der Waals surface area contributed by atoms with Gasteiger partial charge < -0.3 is 4.74 Å². The molecule has 0 fully saturated rings. The number of benzene rings is 3. The Hall–Kier alpha value is -4.81. The lowest BCUT2D eigenvalue weighted by Gasteiger charge is -2.13. The van der Waals surface area contributed by atoms with E-state index in [1.807, 2.05) is 30.6 Å².